The summed E-state index contributed by atoms with van der Waals surface area (Å²) in [6, 6.07) is 2.69. The van der Waals surface area contributed by atoms with Crippen molar-refractivity contribution in [3.05, 3.63) is 40.9 Å². The highest BCUT2D eigenvalue weighted by molar-refractivity contribution is 7.90. The lowest BCUT2D eigenvalue weighted by Gasteiger charge is -2.08. The summed E-state index contributed by atoms with van der Waals surface area (Å²) in [5, 5.41) is 5.25. The molecule has 0 aliphatic rings. The Labute approximate surface area is 149 Å². The van der Waals surface area contributed by atoms with Gasteiger partial charge in [-0.3, -0.25) is 0 Å². The molecule has 0 saturated carbocycles. The van der Waals surface area contributed by atoms with E-state index in [0.717, 1.165) is 29.7 Å². The van der Waals surface area contributed by atoms with E-state index in [1.54, 1.807) is 12.3 Å². The van der Waals surface area contributed by atoms with E-state index in [0.29, 0.717) is 11.8 Å². The van der Waals surface area contributed by atoms with E-state index in [2.05, 4.69) is 14.7 Å². The maximum Gasteiger partial charge on any atom is 0.453 e. The molecule has 138 valence electrons. The van der Waals surface area contributed by atoms with Gasteiger partial charge in [0.1, 0.15) is 15.7 Å². The molecule has 2 aromatic heterocycles. The van der Waals surface area contributed by atoms with E-state index >= 15 is 0 Å². The van der Waals surface area contributed by atoms with Crippen LogP contribution in [0.25, 0.3) is 21.8 Å². The van der Waals surface area contributed by atoms with Crippen molar-refractivity contribution in [2.75, 3.05) is 6.26 Å². The van der Waals surface area contributed by atoms with Gasteiger partial charge in [0.15, 0.2) is 15.5 Å². The standard InChI is InChI=1S/C15H10F4N2O3S2/c1-7-6-25-14(20-7)12-11(13(24-21-12)15(17,18)19)8-3-4-10(9(16)5-8)26(2,22)23/h3-6H,1-2H3. The summed E-state index contributed by atoms with van der Waals surface area (Å²) in [5.41, 5.74) is -0.329. The Hall–Kier alpha value is -2.27. The van der Waals surface area contributed by atoms with Crippen LogP contribution in [0.3, 0.4) is 0 Å². The molecule has 0 amide bonds. The van der Waals surface area contributed by atoms with Gasteiger partial charge in [0.05, 0.1) is 5.56 Å². The quantitative estimate of drug-likeness (QED) is 0.605. The number of hydrogen-bond donors (Lipinski definition) is 0. The average molecular weight is 406 g/mol. The first-order valence-corrected chi connectivity index (χ1v) is 9.75. The zero-order chi connectivity index (χ0) is 19.3. The summed E-state index contributed by atoms with van der Waals surface area (Å²) in [5.74, 6) is -2.58. The number of nitrogens with zero attached hydrogens (tertiary/aromatic N) is 2. The maximum atomic E-state index is 14.2. The van der Waals surface area contributed by atoms with Crippen LogP contribution in [0.1, 0.15) is 11.5 Å². The molecular formula is C15H10F4N2O3S2. The molecule has 0 radical (unpaired) electrons. The van der Waals surface area contributed by atoms with Crippen molar-refractivity contribution in [3.8, 4) is 21.8 Å². The minimum absolute atomic E-state index is 0.171. The van der Waals surface area contributed by atoms with Crippen LogP contribution in [0.2, 0.25) is 0 Å². The van der Waals surface area contributed by atoms with Gasteiger partial charge in [-0.25, -0.2) is 17.8 Å². The van der Waals surface area contributed by atoms with Crippen LogP contribution in [0, 0.1) is 12.7 Å². The number of hydrogen-bond acceptors (Lipinski definition) is 6. The summed E-state index contributed by atoms with van der Waals surface area (Å²) in [6.07, 6.45) is -4.08. The van der Waals surface area contributed by atoms with E-state index in [1.807, 2.05) is 0 Å². The minimum atomic E-state index is -4.88. The van der Waals surface area contributed by atoms with Gasteiger partial charge >= 0.3 is 6.18 Å². The van der Waals surface area contributed by atoms with Crippen LogP contribution in [0.15, 0.2) is 33.0 Å². The predicted octanol–water partition coefficient (Wildman–Crippen LogP) is 4.33. The van der Waals surface area contributed by atoms with Crippen molar-refractivity contribution in [1.82, 2.24) is 10.1 Å². The molecule has 0 fully saturated rings. The fourth-order valence-corrected chi connectivity index (χ4v) is 3.83. The van der Waals surface area contributed by atoms with Gasteiger partial charge < -0.3 is 4.52 Å². The topological polar surface area (TPSA) is 73.1 Å². The molecule has 3 aromatic rings. The minimum Gasteiger partial charge on any atom is -0.350 e. The Morgan fingerprint density at radius 1 is 1.23 bits per heavy atom. The third-order valence-corrected chi connectivity index (χ3v) is 5.49. The van der Waals surface area contributed by atoms with Crippen LogP contribution in [0.4, 0.5) is 17.6 Å². The molecule has 0 aliphatic heterocycles. The Morgan fingerprint density at radius 3 is 2.42 bits per heavy atom. The van der Waals surface area contributed by atoms with E-state index in [9.17, 15) is 26.0 Å². The molecule has 0 spiro atoms. The third kappa shape index (κ3) is 3.36. The van der Waals surface area contributed by atoms with Gasteiger partial charge in [-0.15, -0.1) is 11.3 Å². The van der Waals surface area contributed by atoms with Crippen molar-refractivity contribution < 1.29 is 30.5 Å². The summed E-state index contributed by atoms with van der Waals surface area (Å²) >= 11 is 1.06. The molecular weight excluding hydrogens is 396 g/mol. The highest BCUT2D eigenvalue weighted by Gasteiger charge is 2.41. The first kappa shape index (κ1) is 18.5. The van der Waals surface area contributed by atoms with Crippen LogP contribution >= 0.6 is 11.3 Å². The van der Waals surface area contributed by atoms with Crippen molar-refractivity contribution in [2.24, 2.45) is 0 Å². The maximum absolute atomic E-state index is 14.2. The number of aryl methyl sites for hydroxylation is 1. The molecule has 0 aliphatic carbocycles. The fourth-order valence-electron chi connectivity index (χ4n) is 2.32. The number of alkyl halides is 3. The zero-order valence-electron chi connectivity index (χ0n) is 13.3. The van der Waals surface area contributed by atoms with Crippen LogP contribution < -0.4 is 0 Å². The van der Waals surface area contributed by atoms with Gasteiger partial charge in [0, 0.05) is 17.3 Å². The summed E-state index contributed by atoms with van der Waals surface area (Å²) in [4.78, 5) is 3.47. The SMILES string of the molecule is Cc1csc(-c2noc(C(F)(F)F)c2-c2ccc(S(C)(=O)=O)c(F)c2)n1. The normalized spacial score (nSPS) is 12.5. The van der Waals surface area contributed by atoms with Gasteiger partial charge in [-0.2, -0.15) is 13.2 Å². The van der Waals surface area contributed by atoms with Crippen LogP contribution in [-0.2, 0) is 16.0 Å². The third-order valence-electron chi connectivity index (χ3n) is 3.39. The average Bonchev–Trinajstić information content (AvgIpc) is 3.10. The van der Waals surface area contributed by atoms with E-state index in [1.165, 1.54) is 0 Å². The molecule has 1 aromatic carbocycles. The molecule has 0 N–H and O–H groups in total. The number of rotatable bonds is 3. The highest BCUT2D eigenvalue weighted by atomic mass is 32.2. The van der Waals surface area contributed by atoms with Crippen LogP contribution in [-0.4, -0.2) is 24.8 Å². The number of benzene rings is 1. The van der Waals surface area contributed by atoms with E-state index in [4.69, 9.17) is 0 Å². The lowest BCUT2D eigenvalue weighted by molar-refractivity contribution is -0.154. The molecule has 0 unspecified atom stereocenters. The Balaban J connectivity index is 2.26. The smallest absolute Gasteiger partial charge is 0.350 e. The molecule has 0 bridgehead atoms. The molecule has 2 heterocycles. The molecule has 26 heavy (non-hydrogen) atoms. The van der Waals surface area contributed by atoms with E-state index in [-0.39, 0.29) is 16.3 Å². The largest absolute Gasteiger partial charge is 0.453 e. The Morgan fingerprint density at radius 2 is 1.92 bits per heavy atom. The Kier molecular flexibility index (Phi) is 4.39. The summed E-state index contributed by atoms with van der Waals surface area (Å²) in [6.45, 7) is 1.66. The summed E-state index contributed by atoms with van der Waals surface area (Å²) < 4.78 is 81.6. The molecule has 0 atom stereocenters. The first-order chi connectivity index (χ1) is 12.0. The monoisotopic (exact) mass is 406 g/mol. The molecule has 0 saturated heterocycles. The summed E-state index contributed by atoms with van der Waals surface area (Å²) in [7, 11) is -3.86. The van der Waals surface area contributed by atoms with Crippen molar-refractivity contribution in [1.29, 1.82) is 0 Å². The van der Waals surface area contributed by atoms with Crippen LogP contribution in [0.5, 0.6) is 0 Å². The number of sulfone groups is 1. The molecule has 3 rings (SSSR count). The predicted molar refractivity (Wildman–Crippen MR) is 85.9 cm³/mol. The van der Waals surface area contributed by atoms with Gasteiger partial charge in [-0.1, -0.05) is 11.2 Å². The van der Waals surface area contributed by atoms with Gasteiger partial charge in [0.25, 0.3) is 0 Å². The second-order valence-corrected chi connectivity index (χ2v) is 8.29. The van der Waals surface area contributed by atoms with Crippen molar-refractivity contribution >= 4 is 21.2 Å². The number of halogens is 4. The lowest BCUT2D eigenvalue weighted by atomic mass is 10.0. The van der Waals surface area contributed by atoms with Crippen molar-refractivity contribution in [2.45, 2.75) is 18.0 Å². The van der Waals surface area contributed by atoms with Gasteiger partial charge in [-0.05, 0) is 24.6 Å². The number of thiazole rings is 1. The van der Waals surface area contributed by atoms with Gasteiger partial charge in [0.2, 0.25) is 5.76 Å². The molecule has 11 heteroatoms. The van der Waals surface area contributed by atoms with Crippen molar-refractivity contribution in [3.63, 3.8) is 0 Å². The lowest BCUT2D eigenvalue weighted by Crippen LogP contribution is -2.06. The second kappa shape index (κ2) is 6.16. The van der Waals surface area contributed by atoms with E-state index < -0.39 is 38.0 Å². The molecule has 5 nitrogen and oxygen atoms in total. The zero-order valence-corrected chi connectivity index (χ0v) is 14.9. The second-order valence-electron chi connectivity index (χ2n) is 5.44. The highest BCUT2D eigenvalue weighted by Crippen LogP contribution is 2.43. The first-order valence-electron chi connectivity index (χ1n) is 6.98. The fraction of sp³-hybridized carbons (Fsp3) is 0.200. The Bertz CT molecular complexity index is 1080. The number of aromatic nitrogens is 2.